The van der Waals surface area contributed by atoms with Crippen LogP contribution in [0.5, 0.6) is 0 Å². The van der Waals surface area contributed by atoms with Gasteiger partial charge in [0.25, 0.3) is 0 Å². The lowest BCUT2D eigenvalue weighted by Gasteiger charge is -2.34. The van der Waals surface area contributed by atoms with Gasteiger partial charge in [-0.05, 0) is 50.6 Å². The molecule has 142 valence electrons. The van der Waals surface area contributed by atoms with Crippen LogP contribution in [0.4, 0.5) is 0 Å². The lowest BCUT2D eigenvalue weighted by atomic mass is 9.97. The molecule has 0 amide bonds. The molecule has 5 nitrogen and oxygen atoms in total. The van der Waals surface area contributed by atoms with E-state index in [-0.39, 0.29) is 6.04 Å². The molecule has 3 heterocycles. The molecule has 2 atom stereocenters. The van der Waals surface area contributed by atoms with E-state index < -0.39 is 0 Å². The molecule has 1 aliphatic rings. The number of benzene rings is 2. The van der Waals surface area contributed by atoms with Crippen molar-refractivity contribution in [1.29, 1.82) is 0 Å². The van der Waals surface area contributed by atoms with Crippen LogP contribution in [0.15, 0.2) is 59.0 Å². The first-order chi connectivity index (χ1) is 13.8. The van der Waals surface area contributed by atoms with Gasteiger partial charge in [-0.1, -0.05) is 30.3 Å². The Morgan fingerprint density at radius 1 is 1.07 bits per heavy atom. The van der Waals surface area contributed by atoms with Crippen molar-refractivity contribution in [1.82, 2.24) is 20.1 Å². The van der Waals surface area contributed by atoms with E-state index in [2.05, 4.69) is 46.3 Å². The van der Waals surface area contributed by atoms with Crippen molar-refractivity contribution in [3.05, 3.63) is 65.5 Å². The standard InChI is InChI=1S/C22H22N4OS/c1-15(20-24-25-21(27-20)16-8-3-2-4-9-16)26-13-7-10-17(14-26)22-23-18-11-5-6-12-19(18)28-22/h2-6,8-9,11-12,15,17H,7,10,13-14H2,1H3/t15-,17+/m1/s1. The largest absolute Gasteiger partial charge is 0.419 e. The smallest absolute Gasteiger partial charge is 0.247 e. The Morgan fingerprint density at radius 3 is 2.75 bits per heavy atom. The van der Waals surface area contributed by atoms with Gasteiger partial charge in [0.05, 0.1) is 21.3 Å². The second kappa shape index (κ2) is 7.45. The number of rotatable bonds is 4. The van der Waals surface area contributed by atoms with Crippen LogP contribution in [0.2, 0.25) is 0 Å². The third-order valence-corrected chi connectivity index (χ3v) is 6.68. The summed E-state index contributed by atoms with van der Waals surface area (Å²) in [5.41, 5.74) is 2.07. The number of fused-ring (bicyclic) bond motifs is 1. The number of hydrogen-bond acceptors (Lipinski definition) is 6. The number of aromatic nitrogens is 3. The van der Waals surface area contributed by atoms with Gasteiger partial charge < -0.3 is 4.42 Å². The summed E-state index contributed by atoms with van der Waals surface area (Å²) in [4.78, 5) is 7.33. The van der Waals surface area contributed by atoms with E-state index in [1.165, 1.54) is 16.1 Å². The van der Waals surface area contributed by atoms with Crippen LogP contribution in [0.25, 0.3) is 21.7 Å². The first-order valence-electron chi connectivity index (χ1n) is 9.76. The molecule has 0 unspecified atom stereocenters. The Bertz CT molecular complexity index is 1040. The predicted molar refractivity (Wildman–Crippen MR) is 111 cm³/mol. The highest BCUT2D eigenvalue weighted by molar-refractivity contribution is 7.18. The lowest BCUT2D eigenvalue weighted by molar-refractivity contribution is 0.139. The zero-order chi connectivity index (χ0) is 18.9. The fraction of sp³-hybridized carbons (Fsp3) is 0.318. The second-order valence-corrected chi connectivity index (χ2v) is 8.40. The summed E-state index contributed by atoms with van der Waals surface area (Å²) >= 11 is 1.83. The maximum atomic E-state index is 6.00. The van der Waals surface area contributed by atoms with Gasteiger partial charge in [0.1, 0.15) is 0 Å². The van der Waals surface area contributed by atoms with E-state index in [4.69, 9.17) is 9.40 Å². The molecule has 0 saturated carbocycles. The molecule has 4 aromatic rings. The Balaban J connectivity index is 1.34. The van der Waals surface area contributed by atoms with Crippen LogP contribution in [0, 0.1) is 0 Å². The maximum absolute atomic E-state index is 6.00. The Hall–Kier alpha value is -2.57. The van der Waals surface area contributed by atoms with Gasteiger partial charge in [0.2, 0.25) is 11.8 Å². The monoisotopic (exact) mass is 390 g/mol. The number of thiazole rings is 1. The summed E-state index contributed by atoms with van der Waals surface area (Å²) < 4.78 is 7.27. The maximum Gasteiger partial charge on any atom is 0.247 e. The quantitative estimate of drug-likeness (QED) is 0.474. The fourth-order valence-electron chi connectivity index (χ4n) is 3.88. The SMILES string of the molecule is C[C@H](c1nnc(-c2ccccc2)o1)N1CCC[C@H](c2nc3ccccc3s2)C1. The molecule has 0 N–H and O–H groups in total. The summed E-state index contributed by atoms with van der Waals surface area (Å²) in [6, 6.07) is 18.4. The summed E-state index contributed by atoms with van der Waals surface area (Å²) in [7, 11) is 0. The fourth-order valence-corrected chi connectivity index (χ4v) is 4.97. The van der Waals surface area contributed by atoms with Crippen LogP contribution < -0.4 is 0 Å². The number of hydrogen-bond donors (Lipinski definition) is 0. The van der Waals surface area contributed by atoms with Crippen LogP contribution in [0.3, 0.4) is 0 Å². The number of nitrogens with zero attached hydrogens (tertiary/aromatic N) is 4. The van der Waals surface area contributed by atoms with Crippen LogP contribution >= 0.6 is 11.3 Å². The van der Waals surface area contributed by atoms with Gasteiger partial charge in [0, 0.05) is 18.0 Å². The summed E-state index contributed by atoms with van der Waals surface area (Å²) in [6.45, 7) is 4.18. The van der Waals surface area contributed by atoms with Crippen molar-refractivity contribution in [2.24, 2.45) is 0 Å². The molecule has 0 spiro atoms. The lowest BCUT2D eigenvalue weighted by Crippen LogP contribution is -2.36. The zero-order valence-electron chi connectivity index (χ0n) is 15.8. The Kier molecular flexibility index (Phi) is 4.66. The predicted octanol–water partition coefficient (Wildman–Crippen LogP) is 5.29. The first-order valence-corrected chi connectivity index (χ1v) is 10.6. The molecule has 1 aliphatic heterocycles. The van der Waals surface area contributed by atoms with Crippen LogP contribution in [-0.2, 0) is 0 Å². The highest BCUT2D eigenvalue weighted by Gasteiger charge is 2.29. The molecule has 0 aliphatic carbocycles. The van der Waals surface area contributed by atoms with E-state index in [9.17, 15) is 0 Å². The molecule has 5 rings (SSSR count). The zero-order valence-corrected chi connectivity index (χ0v) is 16.6. The van der Waals surface area contributed by atoms with Crippen molar-refractivity contribution in [3.63, 3.8) is 0 Å². The molecule has 1 saturated heterocycles. The summed E-state index contributed by atoms with van der Waals surface area (Å²) in [5, 5.41) is 9.83. The molecular weight excluding hydrogens is 368 g/mol. The topological polar surface area (TPSA) is 55.1 Å². The van der Waals surface area contributed by atoms with E-state index in [1.54, 1.807) is 0 Å². The van der Waals surface area contributed by atoms with Gasteiger partial charge in [-0.2, -0.15) is 0 Å². The van der Waals surface area contributed by atoms with E-state index in [1.807, 2.05) is 41.7 Å². The van der Waals surface area contributed by atoms with Crippen molar-refractivity contribution in [2.75, 3.05) is 13.1 Å². The highest BCUT2D eigenvalue weighted by Crippen LogP contribution is 2.35. The van der Waals surface area contributed by atoms with E-state index in [0.29, 0.717) is 17.7 Å². The minimum absolute atomic E-state index is 0.0992. The Labute approximate surface area is 168 Å². The highest BCUT2D eigenvalue weighted by atomic mass is 32.1. The molecule has 0 bridgehead atoms. The minimum atomic E-state index is 0.0992. The van der Waals surface area contributed by atoms with Gasteiger partial charge >= 0.3 is 0 Å². The third kappa shape index (κ3) is 3.34. The average Bonchev–Trinajstić information content (AvgIpc) is 3.41. The molecule has 6 heteroatoms. The molecule has 2 aromatic heterocycles. The van der Waals surface area contributed by atoms with Crippen molar-refractivity contribution < 1.29 is 4.42 Å². The van der Waals surface area contributed by atoms with Gasteiger partial charge in [-0.25, -0.2) is 4.98 Å². The van der Waals surface area contributed by atoms with Crippen molar-refractivity contribution in [2.45, 2.75) is 31.7 Å². The second-order valence-electron chi connectivity index (χ2n) is 7.34. The molecular formula is C22H22N4OS. The Morgan fingerprint density at radius 2 is 1.89 bits per heavy atom. The van der Waals surface area contributed by atoms with Gasteiger partial charge in [-0.15, -0.1) is 21.5 Å². The van der Waals surface area contributed by atoms with Crippen LogP contribution in [0.1, 0.15) is 42.6 Å². The molecule has 2 aromatic carbocycles. The summed E-state index contributed by atoms with van der Waals surface area (Å²) in [6.07, 6.45) is 2.34. The summed E-state index contributed by atoms with van der Waals surface area (Å²) in [5.74, 6) is 1.73. The van der Waals surface area contributed by atoms with Crippen LogP contribution in [-0.4, -0.2) is 33.2 Å². The van der Waals surface area contributed by atoms with Crippen molar-refractivity contribution in [3.8, 4) is 11.5 Å². The van der Waals surface area contributed by atoms with Crippen molar-refractivity contribution >= 4 is 21.6 Å². The minimum Gasteiger partial charge on any atom is -0.419 e. The third-order valence-electron chi connectivity index (χ3n) is 5.48. The first kappa shape index (κ1) is 17.5. The average molecular weight is 391 g/mol. The van der Waals surface area contributed by atoms with Gasteiger partial charge in [-0.3, -0.25) is 4.90 Å². The van der Waals surface area contributed by atoms with E-state index >= 15 is 0 Å². The van der Waals surface area contributed by atoms with E-state index in [0.717, 1.165) is 30.6 Å². The normalized spacial score (nSPS) is 19.1. The number of likely N-dealkylation sites (tertiary alicyclic amines) is 1. The molecule has 1 fully saturated rings. The molecule has 0 radical (unpaired) electrons. The van der Waals surface area contributed by atoms with Gasteiger partial charge in [0.15, 0.2) is 0 Å². The number of para-hydroxylation sites is 1. The molecule has 28 heavy (non-hydrogen) atoms. The number of piperidine rings is 1.